The van der Waals surface area contributed by atoms with Crippen LogP contribution in [0, 0.1) is 0 Å². The van der Waals surface area contributed by atoms with Gasteiger partial charge in [-0.3, -0.25) is 4.79 Å². The van der Waals surface area contributed by atoms with Gasteiger partial charge in [0, 0.05) is 5.57 Å². The summed E-state index contributed by atoms with van der Waals surface area (Å²) in [6.45, 7) is 1.48. The Bertz CT molecular complexity index is 564. The van der Waals surface area contributed by atoms with E-state index in [1.807, 2.05) is 42.5 Å². The summed E-state index contributed by atoms with van der Waals surface area (Å²) in [5, 5.41) is 2.10. The summed E-state index contributed by atoms with van der Waals surface area (Å²) in [4.78, 5) is 10.5. The average Bonchev–Trinajstić information content (AvgIpc) is 2.29. The summed E-state index contributed by atoms with van der Waals surface area (Å²) in [7, 11) is 0. The minimum Gasteiger partial charge on any atom is -0.256 e. The Morgan fingerprint density at radius 2 is 1.81 bits per heavy atom. The predicted octanol–water partition coefficient (Wildman–Crippen LogP) is 3.74. The maximum absolute atomic E-state index is 12.5. The highest BCUT2D eigenvalue weighted by molar-refractivity contribution is 5.97. The number of hydrogen-bond donors (Lipinski definition) is 0. The third-order valence-electron chi connectivity index (χ3n) is 2.51. The third kappa shape index (κ3) is 2.01. The first-order valence-electron chi connectivity index (χ1n) is 5.04. The van der Waals surface area contributed by atoms with Gasteiger partial charge < -0.3 is 0 Å². The Morgan fingerprint density at radius 3 is 2.56 bits per heavy atom. The number of benzene rings is 2. The van der Waals surface area contributed by atoms with E-state index in [4.69, 9.17) is 0 Å². The Balaban J connectivity index is 2.61. The Hall–Kier alpha value is -1.96. The van der Waals surface area contributed by atoms with Crippen molar-refractivity contribution >= 4 is 22.9 Å². The zero-order valence-electron chi connectivity index (χ0n) is 8.91. The van der Waals surface area contributed by atoms with Crippen LogP contribution in [0.4, 0.5) is 4.39 Å². The zero-order valence-corrected chi connectivity index (χ0v) is 8.91. The van der Waals surface area contributed by atoms with Crippen molar-refractivity contribution < 1.29 is 9.18 Å². The average molecular weight is 214 g/mol. The van der Waals surface area contributed by atoms with Crippen LogP contribution in [-0.2, 0) is 4.79 Å². The molecule has 16 heavy (non-hydrogen) atoms. The number of allylic oxidation sites excluding steroid dienone is 1. The van der Waals surface area contributed by atoms with Gasteiger partial charge in [0.1, 0.15) is 0 Å². The fourth-order valence-electron chi connectivity index (χ4n) is 1.67. The Kier molecular flexibility index (Phi) is 2.82. The molecule has 0 amide bonds. The first kappa shape index (κ1) is 10.6. The van der Waals surface area contributed by atoms with E-state index in [0.717, 1.165) is 16.3 Å². The minimum atomic E-state index is -1.38. The van der Waals surface area contributed by atoms with Gasteiger partial charge in [-0.1, -0.05) is 42.5 Å². The van der Waals surface area contributed by atoms with Gasteiger partial charge in [0.2, 0.25) is 0 Å². The number of fused-ring (bicyclic) bond motifs is 1. The number of rotatable bonds is 2. The minimum absolute atomic E-state index is 0.122. The molecule has 2 rings (SSSR count). The molecule has 0 radical (unpaired) electrons. The molecule has 0 saturated carbocycles. The van der Waals surface area contributed by atoms with E-state index >= 15 is 0 Å². The lowest BCUT2D eigenvalue weighted by Crippen LogP contribution is -1.89. The normalized spacial score (nSPS) is 11.8. The molecule has 2 heteroatoms. The van der Waals surface area contributed by atoms with Gasteiger partial charge in [-0.15, -0.1) is 0 Å². The summed E-state index contributed by atoms with van der Waals surface area (Å²) in [5.74, 6) is 0. The number of hydrogen-bond acceptors (Lipinski definition) is 1. The summed E-state index contributed by atoms with van der Waals surface area (Å²) >= 11 is 0. The van der Waals surface area contributed by atoms with Gasteiger partial charge in [-0.2, -0.15) is 4.39 Å². The number of carbonyl (C=O) groups excluding carboxylic acids is 1. The second kappa shape index (κ2) is 4.27. The number of carbonyl (C=O) groups is 1. The zero-order chi connectivity index (χ0) is 11.5. The van der Waals surface area contributed by atoms with Crippen LogP contribution >= 0.6 is 0 Å². The molecule has 0 aromatic heterocycles. The largest absolute Gasteiger partial charge is 0.327 e. The quantitative estimate of drug-likeness (QED) is 0.549. The first-order chi connectivity index (χ1) is 7.68. The molecule has 0 saturated heterocycles. The molecule has 0 bridgehead atoms. The van der Waals surface area contributed by atoms with E-state index in [-0.39, 0.29) is 5.57 Å². The van der Waals surface area contributed by atoms with Crippen molar-refractivity contribution in [3.05, 3.63) is 53.6 Å². The van der Waals surface area contributed by atoms with Crippen molar-refractivity contribution in [1.29, 1.82) is 0 Å². The second-order valence-electron chi connectivity index (χ2n) is 3.67. The summed E-state index contributed by atoms with van der Waals surface area (Å²) < 4.78 is 12.5. The van der Waals surface area contributed by atoms with Gasteiger partial charge in [-0.25, -0.2) is 0 Å². The molecule has 0 aliphatic heterocycles. The molecule has 0 atom stereocenters. The van der Waals surface area contributed by atoms with Crippen molar-refractivity contribution in [3.63, 3.8) is 0 Å². The molecular weight excluding hydrogens is 203 g/mol. The van der Waals surface area contributed by atoms with Gasteiger partial charge in [0.15, 0.2) is 0 Å². The van der Waals surface area contributed by atoms with Crippen molar-refractivity contribution in [2.75, 3.05) is 0 Å². The molecule has 0 fully saturated rings. The molecular formula is C14H11FO. The van der Waals surface area contributed by atoms with E-state index in [1.165, 1.54) is 6.92 Å². The third-order valence-corrected chi connectivity index (χ3v) is 2.51. The van der Waals surface area contributed by atoms with Crippen LogP contribution < -0.4 is 0 Å². The Morgan fingerprint density at radius 1 is 1.12 bits per heavy atom. The van der Waals surface area contributed by atoms with Crippen molar-refractivity contribution in [2.45, 2.75) is 6.92 Å². The molecule has 1 nitrogen and oxygen atoms in total. The number of halogens is 1. The first-order valence-corrected chi connectivity index (χ1v) is 5.04. The molecule has 2 aromatic carbocycles. The van der Waals surface area contributed by atoms with E-state index in [9.17, 15) is 9.18 Å². The highest BCUT2D eigenvalue weighted by Crippen LogP contribution is 2.20. The molecule has 80 valence electrons. The van der Waals surface area contributed by atoms with Crippen LogP contribution in [0.25, 0.3) is 16.8 Å². The fraction of sp³-hybridized carbons (Fsp3) is 0.0714. The lowest BCUT2D eigenvalue weighted by atomic mass is 10.0. The van der Waals surface area contributed by atoms with Crippen LogP contribution in [0.2, 0.25) is 0 Å². The van der Waals surface area contributed by atoms with E-state index in [0.29, 0.717) is 0 Å². The van der Waals surface area contributed by atoms with Crippen LogP contribution in [-0.4, -0.2) is 6.04 Å². The van der Waals surface area contributed by atoms with Crippen LogP contribution in [0.3, 0.4) is 0 Å². The molecule has 0 spiro atoms. The second-order valence-corrected chi connectivity index (χ2v) is 3.67. The summed E-state index contributed by atoms with van der Waals surface area (Å²) in [6.07, 6.45) is 1.57. The smallest absolute Gasteiger partial charge is 0.256 e. The maximum atomic E-state index is 12.5. The molecule has 0 aliphatic carbocycles. The lowest BCUT2D eigenvalue weighted by Gasteiger charge is -2.02. The summed E-state index contributed by atoms with van der Waals surface area (Å²) in [5.41, 5.74) is 0.984. The predicted molar refractivity (Wildman–Crippen MR) is 63.7 cm³/mol. The van der Waals surface area contributed by atoms with Crippen molar-refractivity contribution in [1.82, 2.24) is 0 Å². The van der Waals surface area contributed by atoms with Crippen LogP contribution in [0.15, 0.2) is 48.0 Å². The van der Waals surface area contributed by atoms with Crippen LogP contribution in [0.1, 0.15) is 12.5 Å². The van der Waals surface area contributed by atoms with E-state index in [2.05, 4.69) is 0 Å². The monoisotopic (exact) mass is 214 g/mol. The van der Waals surface area contributed by atoms with E-state index < -0.39 is 6.04 Å². The molecule has 0 N–H and O–H groups in total. The van der Waals surface area contributed by atoms with Gasteiger partial charge in [0.25, 0.3) is 0 Å². The van der Waals surface area contributed by atoms with Gasteiger partial charge in [0.05, 0.1) is 0 Å². The molecule has 0 aliphatic rings. The highest BCUT2D eigenvalue weighted by Gasteiger charge is 2.03. The highest BCUT2D eigenvalue weighted by atomic mass is 19.1. The lowest BCUT2D eigenvalue weighted by molar-refractivity contribution is -0.125. The molecule has 0 heterocycles. The van der Waals surface area contributed by atoms with Crippen molar-refractivity contribution in [2.24, 2.45) is 0 Å². The van der Waals surface area contributed by atoms with Crippen molar-refractivity contribution in [3.8, 4) is 0 Å². The van der Waals surface area contributed by atoms with Crippen LogP contribution in [0.5, 0.6) is 0 Å². The molecule has 0 unspecified atom stereocenters. The van der Waals surface area contributed by atoms with Gasteiger partial charge in [-0.05, 0) is 29.3 Å². The molecule has 2 aromatic rings. The van der Waals surface area contributed by atoms with E-state index in [1.54, 1.807) is 6.08 Å². The van der Waals surface area contributed by atoms with Gasteiger partial charge >= 0.3 is 6.04 Å². The SMILES string of the molecule is CC(=Cc1cccc2ccccc12)C(=O)F. The fourth-order valence-corrected chi connectivity index (χ4v) is 1.67. The topological polar surface area (TPSA) is 17.1 Å². The summed E-state index contributed by atoms with van der Waals surface area (Å²) in [6, 6.07) is 12.2. The maximum Gasteiger partial charge on any atom is 0.327 e. The Labute approximate surface area is 93.2 Å². The standard InChI is InChI=1S/C14H11FO/c1-10(14(15)16)9-12-7-4-6-11-5-2-3-8-13(11)12/h2-9H,1H3.